The van der Waals surface area contributed by atoms with Crippen LogP contribution in [-0.2, 0) is 4.74 Å². The summed E-state index contributed by atoms with van der Waals surface area (Å²) in [5, 5.41) is 10.9. The predicted molar refractivity (Wildman–Crippen MR) is 48.9 cm³/mol. The second-order valence-electron chi connectivity index (χ2n) is 2.56. The molecule has 0 amide bonds. The van der Waals surface area contributed by atoms with E-state index in [9.17, 15) is 0 Å². The molecule has 2 nitrogen and oxygen atoms in total. The van der Waals surface area contributed by atoms with E-state index >= 15 is 0 Å². The van der Waals surface area contributed by atoms with Crippen molar-refractivity contribution in [3.05, 3.63) is 34.7 Å². The molecule has 1 aromatic rings. The summed E-state index contributed by atoms with van der Waals surface area (Å²) in [6, 6.07) is 7.47. The van der Waals surface area contributed by atoms with E-state index < -0.39 is 0 Å². The maximum absolute atomic E-state index is 9.12. The van der Waals surface area contributed by atoms with Crippen molar-refractivity contribution in [2.45, 2.75) is 6.92 Å². The number of aliphatic hydroxyl groups excluding tert-OH is 1. The molecular formula is C10H12O2. The summed E-state index contributed by atoms with van der Waals surface area (Å²) in [5.41, 5.74) is 0. The van der Waals surface area contributed by atoms with Gasteiger partial charge in [0.25, 0.3) is 0 Å². The summed E-state index contributed by atoms with van der Waals surface area (Å²) >= 11 is 0. The van der Waals surface area contributed by atoms with E-state index in [1.165, 1.54) is 0 Å². The van der Waals surface area contributed by atoms with E-state index in [0.717, 1.165) is 10.4 Å². The van der Waals surface area contributed by atoms with Gasteiger partial charge in [-0.25, -0.2) is 0 Å². The van der Waals surface area contributed by atoms with Crippen LogP contribution < -0.4 is 10.4 Å². The van der Waals surface area contributed by atoms with Gasteiger partial charge in [0.1, 0.15) is 0 Å². The van der Waals surface area contributed by atoms with Gasteiger partial charge >= 0.3 is 0 Å². The fourth-order valence-corrected chi connectivity index (χ4v) is 0.939. The van der Waals surface area contributed by atoms with Gasteiger partial charge in [-0.2, -0.15) is 0 Å². The molecule has 1 rings (SSSR count). The van der Waals surface area contributed by atoms with Gasteiger partial charge < -0.3 is 9.84 Å². The van der Waals surface area contributed by atoms with Crippen molar-refractivity contribution in [1.82, 2.24) is 0 Å². The summed E-state index contributed by atoms with van der Waals surface area (Å²) in [4.78, 5) is 0. The summed E-state index contributed by atoms with van der Waals surface area (Å²) in [6.07, 6.45) is 1.65. The zero-order valence-electron chi connectivity index (χ0n) is 7.24. The van der Waals surface area contributed by atoms with Gasteiger partial charge in [0.05, 0.1) is 19.1 Å². The van der Waals surface area contributed by atoms with Crippen molar-refractivity contribution in [2.24, 2.45) is 0 Å². The van der Waals surface area contributed by atoms with Gasteiger partial charge in [-0.05, 0) is 6.92 Å². The monoisotopic (exact) mass is 164 g/mol. The lowest BCUT2D eigenvalue weighted by Gasteiger charge is -1.90. The van der Waals surface area contributed by atoms with Gasteiger partial charge in [0.15, 0.2) is 0 Å². The van der Waals surface area contributed by atoms with E-state index in [2.05, 4.69) is 0 Å². The topological polar surface area (TPSA) is 29.5 Å². The maximum Gasteiger partial charge on any atom is 0.0963 e. The number of methoxy groups -OCH3 is 1. The number of ether oxygens (including phenoxy) is 1. The Kier molecular flexibility index (Phi) is 2.75. The molecule has 0 radical (unpaired) electrons. The number of rotatable bonds is 1. The van der Waals surface area contributed by atoms with Crippen molar-refractivity contribution < 1.29 is 9.84 Å². The molecule has 0 heterocycles. The summed E-state index contributed by atoms with van der Waals surface area (Å²) in [7, 11) is 1.61. The fourth-order valence-electron chi connectivity index (χ4n) is 0.939. The van der Waals surface area contributed by atoms with Gasteiger partial charge in [-0.3, -0.25) is 0 Å². The lowest BCUT2D eigenvalue weighted by Crippen LogP contribution is -2.09. The van der Waals surface area contributed by atoms with E-state index in [-0.39, 0.29) is 0 Å². The van der Waals surface area contributed by atoms with Crippen LogP contribution in [0, 0.1) is 0 Å². The van der Waals surface area contributed by atoms with Gasteiger partial charge in [0.2, 0.25) is 0 Å². The molecule has 0 aliphatic rings. The number of hydrogen-bond acceptors (Lipinski definition) is 2. The zero-order valence-corrected chi connectivity index (χ0v) is 7.24. The van der Waals surface area contributed by atoms with Crippen LogP contribution in [0.1, 0.15) is 6.92 Å². The Balaban J connectivity index is 3.19. The summed E-state index contributed by atoms with van der Waals surface area (Å²) < 4.78 is 4.83. The molecule has 0 aromatic heterocycles. The predicted octanol–water partition coefficient (Wildman–Crippen LogP) is 0.757. The van der Waals surface area contributed by atoms with Crippen molar-refractivity contribution in [2.75, 3.05) is 7.11 Å². The minimum atomic E-state index is 0.332. The lowest BCUT2D eigenvalue weighted by molar-refractivity contribution is 0.391. The number of aliphatic hydroxyl groups is 1. The van der Waals surface area contributed by atoms with E-state index in [0.29, 0.717) is 5.76 Å². The molecule has 0 bridgehead atoms. The third-order valence-corrected chi connectivity index (χ3v) is 1.58. The third kappa shape index (κ3) is 2.02. The van der Waals surface area contributed by atoms with E-state index in [1.54, 1.807) is 20.3 Å². The normalized spacial score (nSPS) is 9.17. The molecule has 12 heavy (non-hydrogen) atoms. The maximum atomic E-state index is 9.12. The molecular weight excluding hydrogens is 152 g/mol. The van der Waals surface area contributed by atoms with Crippen molar-refractivity contribution in [3.8, 4) is 0 Å². The molecule has 0 unspecified atom stereocenters. The number of benzene rings is 1. The highest BCUT2D eigenvalue weighted by molar-refractivity contribution is 5.31. The SMILES string of the molecule is COC=c1ccc(=C(C)O)cc1. The van der Waals surface area contributed by atoms with Crippen molar-refractivity contribution in [1.29, 1.82) is 0 Å². The van der Waals surface area contributed by atoms with Crippen LogP contribution in [0.25, 0.3) is 12.0 Å². The molecule has 0 atom stereocenters. The highest BCUT2D eigenvalue weighted by atomic mass is 16.5. The van der Waals surface area contributed by atoms with Crippen molar-refractivity contribution in [3.63, 3.8) is 0 Å². The highest BCUT2D eigenvalue weighted by Crippen LogP contribution is 1.79. The molecule has 0 saturated heterocycles. The Morgan fingerprint density at radius 1 is 1.33 bits per heavy atom. The Labute approximate surface area is 71.4 Å². The average molecular weight is 164 g/mol. The minimum absolute atomic E-state index is 0.332. The van der Waals surface area contributed by atoms with Crippen LogP contribution in [0.5, 0.6) is 0 Å². The first-order valence-corrected chi connectivity index (χ1v) is 3.73. The van der Waals surface area contributed by atoms with Crippen LogP contribution >= 0.6 is 0 Å². The van der Waals surface area contributed by atoms with E-state index in [1.807, 2.05) is 24.3 Å². The third-order valence-electron chi connectivity index (χ3n) is 1.58. The van der Waals surface area contributed by atoms with Gasteiger partial charge in [0, 0.05) is 10.4 Å². The van der Waals surface area contributed by atoms with Gasteiger partial charge in [-0.1, -0.05) is 24.3 Å². The zero-order chi connectivity index (χ0) is 8.97. The molecule has 0 fully saturated rings. The summed E-state index contributed by atoms with van der Waals surface area (Å²) in [5.74, 6) is 0.332. The molecule has 2 heteroatoms. The highest BCUT2D eigenvalue weighted by Gasteiger charge is 1.83. The Morgan fingerprint density at radius 2 is 1.92 bits per heavy atom. The summed E-state index contributed by atoms with van der Waals surface area (Å²) in [6.45, 7) is 1.66. The molecule has 0 spiro atoms. The minimum Gasteiger partial charge on any atom is -0.512 e. The standard InChI is InChI=1S/C10H12O2/c1-8(11)10-5-3-9(4-6-10)7-12-2/h3-7,11H,1-2H3. The fraction of sp³-hybridized carbons (Fsp3) is 0.200. The Morgan fingerprint density at radius 3 is 2.33 bits per heavy atom. The van der Waals surface area contributed by atoms with Crippen LogP contribution in [-0.4, -0.2) is 12.2 Å². The first-order chi connectivity index (χ1) is 5.74. The lowest BCUT2D eigenvalue weighted by atomic mass is 10.2. The Hall–Kier alpha value is -1.44. The second-order valence-corrected chi connectivity index (χ2v) is 2.56. The molecule has 1 aromatic carbocycles. The first kappa shape index (κ1) is 8.65. The van der Waals surface area contributed by atoms with Crippen molar-refractivity contribution >= 4 is 12.0 Å². The average Bonchev–Trinajstić information content (AvgIpc) is 2.06. The number of hydrogen-bond donors (Lipinski definition) is 1. The molecule has 1 N–H and O–H groups in total. The van der Waals surface area contributed by atoms with Gasteiger partial charge in [-0.15, -0.1) is 0 Å². The second kappa shape index (κ2) is 3.81. The van der Waals surface area contributed by atoms with Crippen LogP contribution in [0.3, 0.4) is 0 Å². The molecule has 0 aliphatic heterocycles. The van der Waals surface area contributed by atoms with Crippen LogP contribution in [0.2, 0.25) is 0 Å². The first-order valence-electron chi connectivity index (χ1n) is 3.73. The quantitative estimate of drug-likeness (QED) is 0.664. The smallest absolute Gasteiger partial charge is 0.0963 e. The Bertz CT molecular complexity index is 338. The molecule has 0 saturated carbocycles. The van der Waals surface area contributed by atoms with E-state index in [4.69, 9.17) is 9.84 Å². The van der Waals surface area contributed by atoms with Crippen LogP contribution in [0.4, 0.5) is 0 Å². The molecule has 64 valence electrons. The molecule has 0 aliphatic carbocycles. The van der Waals surface area contributed by atoms with Crippen LogP contribution in [0.15, 0.2) is 24.3 Å². The largest absolute Gasteiger partial charge is 0.512 e.